The minimum Gasteiger partial charge on any atom is -0.457 e. The first-order valence-electron chi connectivity index (χ1n) is 9.43. The zero-order chi connectivity index (χ0) is 21.4. The van der Waals surface area contributed by atoms with E-state index in [1.165, 1.54) is 0 Å². The molecule has 0 aliphatic heterocycles. The fourth-order valence-corrected chi connectivity index (χ4v) is 4.02. The van der Waals surface area contributed by atoms with Crippen molar-refractivity contribution in [2.24, 2.45) is 0 Å². The van der Waals surface area contributed by atoms with Gasteiger partial charge < -0.3 is 15.0 Å². The van der Waals surface area contributed by atoms with Crippen LogP contribution in [0.15, 0.2) is 54.6 Å². The summed E-state index contributed by atoms with van der Waals surface area (Å²) in [5, 5.41) is 2.81. The number of nitrogens with zero attached hydrogens (tertiary/aromatic N) is 2. The lowest BCUT2D eigenvalue weighted by atomic mass is 10.2. The highest BCUT2D eigenvalue weighted by atomic mass is 32.2. The van der Waals surface area contributed by atoms with Crippen LogP contribution in [0.25, 0.3) is 0 Å². The monoisotopic (exact) mass is 419 g/mol. The lowest BCUT2D eigenvalue weighted by Crippen LogP contribution is -2.48. The number of ether oxygens (including phenoxy) is 1. The molecule has 0 aliphatic rings. The van der Waals surface area contributed by atoms with Crippen molar-refractivity contribution in [3.05, 3.63) is 54.6 Å². The maximum atomic E-state index is 12.5. The summed E-state index contributed by atoms with van der Waals surface area (Å²) < 4.78 is 31.6. The Bertz CT molecular complexity index is 884. The van der Waals surface area contributed by atoms with Crippen LogP contribution in [0.1, 0.15) is 13.3 Å². The van der Waals surface area contributed by atoms with Crippen LogP contribution in [0.3, 0.4) is 0 Å². The lowest BCUT2D eigenvalue weighted by molar-refractivity contribution is -0.121. The molecule has 0 aliphatic carbocycles. The number of para-hydroxylation sites is 1. The van der Waals surface area contributed by atoms with Gasteiger partial charge in [-0.2, -0.15) is 0 Å². The van der Waals surface area contributed by atoms with Crippen LogP contribution in [-0.2, 0) is 14.8 Å². The summed E-state index contributed by atoms with van der Waals surface area (Å²) >= 11 is 0. The van der Waals surface area contributed by atoms with E-state index >= 15 is 0 Å². The van der Waals surface area contributed by atoms with Crippen LogP contribution in [0.4, 0.5) is 5.69 Å². The minimum atomic E-state index is -3.65. The average Bonchev–Trinajstić information content (AvgIpc) is 2.66. The van der Waals surface area contributed by atoms with Gasteiger partial charge in [0.1, 0.15) is 17.5 Å². The molecule has 0 fully saturated rings. The predicted molar refractivity (Wildman–Crippen MR) is 116 cm³/mol. The summed E-state index contributed by atoms with van der Waals surface area (Å²) in [6, 6.07) is 15.1. The minimum absolute atomic E-state index is 0.334. The van der Waals surface area contributed by atoms with Gasteiger partial charge in [-0.25, -0.2) is 8.42 Å². The number of carbonyl (C=O) groups is 1. The number of hydrogen-bond acceptors (Lipinski definition) is 5. The van der Waals surface area contributed by atoms with E-state index in [1.807, 2.05) is 49.3 Å². The Morgan fingerprint density at radius 1 is 1.03 bits per heavy atom. The lowest BCUT2D eigenvalue weighted by Gasteiger charge is -2.28. The molecule has 0 heterocycles. The summed E-state index contributed by atoms with van der Waals surface area (Å²) in [6.07, 6.45) is 1.88. The van der Waals surface area contributed by atoms with E-state index in [0.717, 1.165) is 23.5 Å². The van der Waals surface area contributed by atoms with E-state index < -0.39 is 16.1 Å². The maximum absolute atomic E-state index is 12.5. The molecule has 0 unspecified atom stereocenters. The fourth-order valence-electron chi connectivity index (χ4n) is 2.85. The quantitative estimate of drug-likeness (QED) is 0.599. The first kappa shape index (κ1) is 22.7. The van der Waals surface area contributed by atoms with Crippen molar-refractivity contribution in [2.45, 2.75) is 19.4 Å². The third kappa shape index (κ3) is 7.07. The van der Waals surface area contributed by atoms with Crippen LogP contribution < -0.4 is 14.4 Å². The van der Waals surface area contributed by atoms with Crippen LogP contribution in [0, 0.1) is 0 Å². The van der Waals surface area contributed by atoms with E-state index in [4.69, 9.17) is 4.74 Å². The number of amides is 1. The second-order valence-corrected chi connectivity index (χ2v) is 8.95. The number of hydrogen-bond donors (Lipinski definition) is 1. The molecule has 0 spiro atoms. The van der Waals surface area contributed by atoms with E-state index in [-0.39, 0.29) is 5.91 Å². The van der Waals surface area contributed by atoms with Crippen LogP contribution in [-0.4, -0.2) is 58.7 Å². The van der Waals surface area contributed by atoms with Gasteiger partial charge >= 0.3 is 0 Å². The van der Waals surface area contributed by atoms with Crippen molar-refractivity contribution < 1.29 is 17.9 Å². The largest absolute Gasteiger partial charge is 0.457 e. The molecular weight excluding hydrogens is 390 g/mol. The molecule has 0 bridgehead atoms. The molecule has 158 valence electrons. The molecule has 2 rings (SSSR count). The van der Waals surface area contributed by atoms with Crippen molar-refractivity contribution in [1.82, 2.24) is 10.2 Å². The third-order valence-corrected chi connectivity index (χ3v) is 5.48. The zero-order valence-electron chi connectivity index (χ0n) is 17.3. The average molecular weight is 420 g/mol. The number of rotatable bonds is 10. The van der Waals surface area contributed by atoms with Crippen molar-refractivity contribution in [1.29, 1.82) is 0 Å². The molecule has 0 saturated carbocycles. The van der Waals surface area contributed by atoms with Crippen LogP contribution >= 0.6 is 0 Å². The standard InChI is InChI=1S/C21H29N3O4S/c1-17(21(25)22-15-8-16-23(2)3)24(29(4,26)27)18-11-13-20(14-12-18)28-19-9-6-5-7-10-19/h5-7,9-14,17H,8,15-16H2,1-4H3,(H,22,25)/t17-/m1/s1. The summed E-state index contributed by atoms with van der Waals surface area (Å²) in [5.74, 6) is 0.929. The van der Waals surface area contributed by atoms with Gasteiger partial charge in [0.05, 0.1) is 11.9 Å². The molecule has 0 radical (unpaired) electrons. The smallest absolute Gasteiger partial charge is 0.243 e. The second kappa shape index (κ2) is 10.3. The molecule has 7 nitrogen and oxygen atoms in total. The highest BCUT2D eigenvalue weighted by Crippen LogP contribution is 2.26. The number of sulfonamides is 1. The Hall–Kier alpha value is -2.58. The SMILES string of the molecule is C[C@H](C(=O)NCCCN(C)C)N(c1ccc(Oc2ccccc2)cc1)S(C)(=O)=O. The van der Waals surface area contributed by atoms with E-state index in [9.17, 15) is 13.2 Å². The van der Waals surface area contributed by atoms with Crippen molar-refractivity contribution in [2.75, 3.05) is 37.7 Å². The number of benzene rings is 2. The molecule has 1 amide bonds. The maximum Gasteiger partial charge on any atom is 0.243 e. The van der Waals surface area contributed by atoms with Crippen molar-refractivity contribution in [3.8, 4) is 11.5 Å². The number of anilines is 1. The first-order valence-corrected chi connectivity index (χ1v) is 11.3. The first-order chi connectivity index (χ1) is 13.7. The predicted octanol–water partition coefficient (Wildman–Crippen LogP) is 2.70. The molecule has 29 heavy (non-hydrogen) atoms. The molecule has 1 atom stereocenters. The summed E-state index contributed by atoms with van der Waals surface area (Å²) in [6.45, 7) is 2.91. The normalized spacial score (nSPS) is 12.4. The third-order valence-electron chi connectivity index (χ3n) is 4.24. The molecule has 2 aromatic rings. The van der Waals surface area contributed by atoms with Crippen molar-refractivity contribution in [3.63, 3.8) is 0 Å². The topological polar surface area (TPSA) is 79.0 Å². The Morgan fingerprint density at radius 3 is 2.17 bits per heavy atom. The summed E-state index contributed by atoms with van der Waals surface area (Å²) in [4.78, 5) is 14.5. The fraction of sp³-hybridized carbons (Fsp3) is 0.381. The molecular formula is C21H29N3O4S. The molecule has 1 N–H and O–H groups in total. The van der Waals surface area contributed by atoms with Gasteiger partial charge in [-0.15, -0.1) is 0 Å². The van der Waals surface area contributed by atoms with Gasteiger partial charge in [0, 0.05) is 6.54 Å². The molecule has 8 heteroatoms. The number of carbonyl (C=O) groups excluding carboxylic acids is 1. The second-order valence-electron chi connectivity index (χ2n) is 7.09. The van der Waals surface area contributed by atoms with Gasteiger partial charge in [0.15, 0.2) is 0 Å². The zero-order valence-corrected chi connectivity index (χ0v) is 18.1. The molecule has 0 aromatic heterocycles. The Morgan fingerprint density at radius 2 is 1.62 bits per heavy atom. The molecule has 0 saturated heterocycles. The van der Waals surface area contributed by atoms with E-state index in [1.54, 1.807) is 31.2 Å². The molecule has 2 aromatic carbocycles. The highest BCUT2D eigenvalue weighted by Gasteiger charge is 2.28. The van der Waals surface area contributed by atoms with Crippen LogP contribution in [0.5, 0.6) is 11.5 Å². The number of nitrogens with one attached hydrogen (secondary N) is 1. The Kier molecular flexibility index (Phi) is 8.04. The van der Waals surface area contributed by atoms with Crippen LogP contribution in [0.2, 0.25) is 0 Å². The van der Waals surface area contributed by atoms with Gasteiger partial charge in [-0.05, 0) is 70.4 Å². The Balaban J connectivity index is 2.10. The van der Waals surface area contributed by atoms with Gasteiger partial charge in [-0.1, -0.05) is 18.2 Å². The van der Waals surface area contributed by atoms with Crippen molar-refractivity contribution >= 4 is 21.6 Å². The van der Waals surface area contributed by atoms with Gasteiger partial charge in [0.2, 0.25) is 15.9 Å². The Labute approximate surface area is 173 Å². The summed E-state index contributed by atoms with van der Waals surface area (Å²) in [5.41, 5.74) is 0.406. The van der Waals surface area contributed by atoms with Gasteiger partial charge in [0.25, 0.3) is 0 Å². The summed E-state index contributed by atoms with van der Waals surface area (Å²) in [7, 11) is 0.264. The van der Waals surface area contributed by atoms with E-state index in [0.29, 0.717) is 23.7 Å². The highest BCUT2D eigenvalue weighted by molar-refractivity contribution is 7.92. The van der Waals surface area contributed by atoms with E-state index in [2.05, 4.69) is 5.32 Å². The van der Waals surface area contributed by atoms with Gasteiger partial charge in [-0.3, -0.25) is 9.10 Å².